The highest BCUT2D eigenvalue weighted by molar-refractivity contribution is 9.10. The molecule has 4 nitrogen and oxygen atoms in total. The van der Waals surface area contributed by atoms with Crippen molar-refractivity contribution >= 4 is 21.9 Å². The number of anilines is 1. The molecule has 2 N–H and O–H groups in total. The molecule has 18 heavy (non-hydrogen) atoms. The van der Waals surface area contributed by atoms with Crippen molar-refractivity contribution in [2.24, 2.45) is 0 Å². The van der Waals surface area contributed by atoms with E-state index in [-0.39, 0.29) is 0 Å². The number of benzene rings is 1. The number of aromatic nitrogens is 2. The van der Waals surface area contributed by atoms with Crippen molar-refractivity contribution in [2.75, 3.05) is 12.8 Å². The Morgan fingerprint density at radius 1 is 1.33 bits per heavy atom. The van der Waals surface area contributed by atoms with E-state index < -0.39 is 0 Å². The van der Waals surface area contributed by atoms with Gasteiger partial charge >= 0.3 is 0 Å². The van der Waals surface area contributed by atoms with Crippen LogP contribution in [0, 0.1) is 6.92 Å². The fourth-order valence-corrected chi connectivity index (χ4v) is 2.09. The van der Waals surface area contributed by atoms with Crippen LogP contribution in [0.2, 0.25) is 0 Å². The summed E-state index contributed by atoms with van der Waals surface area (Å²) in [6.07, 6.45) is 2.49. The fraction of sp³-hybridized carbons (Fsp3) is 0.231. The lowest BCUT2D eigenvalue weighted by molar-refractivity contribution is 0.410. The molecule has 0 bridgehead atoms. The van der Waals surface area contributed by atoms with E-state index in [1.54, 1.807) is 13.3 Å². The summed E-state index contributed by atoms with van der Waals surface area (Å²) in [5.74, 6) is 1.15. The van der Waals surface area contributed by atoms with Gasteiger partial charge in [-0.25, -0.2) is 9.97 Å². The molecule has 1 heterocycles. The zero-order chi connectivity index (χ0) is 13.1. The normalized spacial score (nSPS) is 10.4. The van der Waals surface area contributed by atoms with Crippen LogP contribution in [-0.4, -0.2) is 17.1 Å². The molecule has 0 saturated carbocycles. The highest BCUT2D eigenvalue weighted by Crippen LogP contribution is 2.26. The molecule has 94 valence electrons. The number of nitrogen functional groups attached to an aromatic ring is 1. The largest absolute Gasteiger partial charge is 0.496 e. The zero-order valence-electron chi connectivity index (χ0n) is 10.3. The number of methoxy groups -OCH3 is 1. The molecule has 1 aromatic heterocycles. The first-order chi connectivity index (χ1) is 8.60. The van der Waals surface area contributed by atoms with Crippen molar-refractivity contribution in [3.8, 4) is 5.75 Å². The van der Waals surface area contributed by atoms with E-state index in [1.807, 2.05) is 25.1 Å². The van der Waals surface area contributed by atoms with Crippen LogP contribution in [-0.2, 0) is 6.42 Å². The standard InChI is InChI=1S/C13H14BrN3O/c1-8-10(7-16-13(15)17-8)5-9-3-4-11(14)6-12(9)18-2/h3-4,6-7H,5H2,1-2H3,(H2,15,16,17). The topological polar surface area (TPSA) is 61.0 Å². The fourth-order valence-electron chi connectivity index (χ4n) is 1.75. The average Bonchev–Trinajstić information content (AvgIpc) is 2.34. The molecule has 2 rings (SSSR count). The molecule has 0 aliphatic heterocycles. The molecule has 0 spiro atoms. The molecule has 0 amide bonds. The number of aryl methyl sites for hydroxylation is 1. The molecule has 1 aromatic carbocycles. The van der Waals surface area contributed by atoms with Gasteiger partial charge in [0.25, 0.3) is 0 Å². The first-order valence-corrected chi connectivity index (χ1v) is 6.30. The summed E-state index contributed by atoms with van der Waals surface area (Å²) >= 11 is 3.43. The zero-order valence-corrected chi connectivity index (χ0v) is 11.9. The molecule has 0 fully saturated rings. The second-order valence-electron chi connectivity index (χ2n) is 3.97. The van der Waals surface area contributed by atoms with E-state index in [1.165, 1.54) is 0 Å². The van der Waals surface area contributed by atoms with Gasteiger partial charge in [-0.2, -0.15) is 0 Å². The van der Waals surface area contributed by atoms with Gasteiger partial charge in [-0.15, -0.1) is 0 Å². The molecule has 0 atom stereocenters. The van der Waals surface area contributed by atoms with Crippen LogP contribution in [0.3, 0.4) is 0 Å². The lowest BCUT2D eigenvalue weighted by atomic mass is 10.0. The number of rotatable bonds is 3. The molecule has 0 aliphatic rings. The number of hydrogen-bond donors (Lipinski definition) is 1. The highest BCUT2D eigenvalue weighted by atomic mass is 79.9. The molecule has 0 saturated heterocycles. The second kappa shape index (κ2) is 5.35. The molecule has 0 radical (unpaired) electrons. The van der Waals surface area contributed by atoms with Gasteiger partial charge in [0.1, 0.15) is 5.75 Å². The van der Waals surface area contributed by atoms with Gasteiger partial charge in [0, 0.05) is 22.8 Å². The van der Waals surface area contributed by atoms with Crippen molar-refractivity contribution in [1.82, 2.24) is 9.97 Å². The van der Waals surface area contributed by atoms with E-state index in [0.29, 0.717) is 5.95 Å². The van der Waals surface area contributed by atoms with Gasteiger partial charge in [0.15, 0.2) is 0 Å². The summed E-state index contributed by atoms with van der Waals surface area (Å²) < 4.78 is 6.36. The van der Waals surface area contributed by atoms with Crippen molar-refractivity contribution in [2.45, 2.75) is 13.3 Å². The summed E-state index contributed by atoms with van der Waals surface area (Å²) in [6.45, 7) is 1.93. The number of hydrogen-bond acceptors (Lipinski definition) is 4. The maximum Gasteiger partial charge on any atom is 0.220 e. The summed E-state index contributed by atoms with van der Waals surface area (Å²) in [4.78, 5) is 8.19. The number of nitrogens with zero attached hydrogens (tertiary/aromatic N) is 2. The lowest BCUT2D eigenvalue weighted by Gasteiger charge is -2.10. The summed E-state index contributed by atoms with van der Waals surface area (Å²) in [5, 5.41) is 0. The Balaban J connectivity index is 2.33. The molecule has 0 unspecified atom stereocenters. The van der Waals surface area contributed by atoms with Gasteiger partial charge < -0.3 is 10.5 Å². The molecule has 5 heteroatoms. The van der Waals surface area contributed by atoms with Gasteiger partial charge in [-0.05, 0) is 30.2 Å². The molecule has 0 aliphatic carbocycles. The van der Waals surface area contributed by atoms with Crippen LogP contribution in [0.1, 0.15) is 16.8 Å². The quantitative estimate of drug-likeness (QED) is 0.947. The maximum atomic E-state index is 5.54. The van der Waals surface area contributed by atoms with Gasteiger partial charge in [0.05, 0.1) is 7.11 Å². The van der Waals surface area contributed by atoms with Crippen molar-refractivity contribution < 1.29 is 4.74 Å². The predicted molar refractivity (Wildman–Crippen MR) is 74.7 cm³/mol. The van der Waals surface area contributed by atoms with E-state index in [4.69, 9.17) is 10.5 Å². The monoisotopic (exact) mass is 307 g/mol. The Kier molecular flexibility index (Phi) is 3.81. The third kappa shape index (κ3) is 2.79. The SMILES string of the molecule is COc1cc(Br)ccc1Cc1cnc(N)nc1C. The van der Waals surface area contributed by atoms with Crippen LogP contribution in [0.25, 0.3) is 0 Å². The Labute approximate surface area is 114 Å². The first-order valence-electron chi connectivity index (χ1n) is 5.50. The third-order valence-corrected chi connectivity index (χ3v) is 3.22. The van der Waals surface area contributed by atoms with Crippen LogP contribution in [0.5, 0.6) is 5.75 Å². The van der Waals surface area contributed by atoms with Crippen LogP contribution >= 0.6 is 15.9 Å². The van der Waals surface area contributed by atoms with E-state index in [0.717, 1.165) is 33.5 Å². The number of halogens is 1. The predicted octanol–water partition coefficient (Wildman–Crippen LogP) is 2.73. The van der Waals surface area contributed by atoms with Crippen LogP contribution < -0.4 is 10.5 Å². The van der Waals surface area contributed by atoms with E-state index in [2.05, 4.69) is 25.9 Å². The number of ether oxygens (including phenoxy) is 1. The minimum atomic E-state index is 0.305. The third-order valence-electron chi connectivity index (χ3n) is 2.73. The Morgan fingerprint density at radius 3 is 2.78 bits per heavy atom. The minimum Gasteiger partial charge on any atom is -0.496 e. The number of nitrogens with two attached hydrogens (primary N) is 1. The second-order valence-corrected chi connectivity index (χ2v) is 4.89. The summed E-state index contributed by atoms with van der Waals surface area (Å²) in [5.41, 5.74) is 8.58. The van der Waals surface area contributed by atoms with Crippen LogP contribution in [0.4, 0.5) is 5.95 Å². The Morgan fingerprint density at radius 2 is 2.11 bits per heavy atom. The van der Waals surface area contributed by atoms with Crippen molar-refractivity contribution in [3.63, 3.8) is 0 Å². The van der Waals surface area contributed by atoms with E-state index in [9.17, 15) is 0 Å². The van der Waals surface area contributed by atoms with E-state index >= 15 is 0 Å². The highest BCUT2D eigenvalue weighted by Gasteiger charge is 2.08. The Hall–Kier alpha value is -1.62. The first kappa shape index (κ1) is 12.8. The van der Waals surface area contributed by atoms with Gasteiger partial charge in [-0.3, -0.25) is 0 Å². The molecule has 2 aromatic rings. The smallest absolute Gasteiger partial charge is 0.220 e. The van der Waals surface area contributed by atoms with Crippen LogP contribution in [0.15, 0.2) is 28.9 Å². The summed E-state index contributed by atoms with van der Waals surface area (Å²) in [7, 11) is 1.66. The Bertz CT molecular complexity index is 572. The lowest BCUT2D eigenvalue weighted by Crippen LogP contribution is -2.02. The molecular formula is C13H14BrN3O. The van der Waals surface area contributed by atoms with Crippen molar-refractivity contribution in [1.29, 1.82) is 0 Å². The summed E-state index contributed by atoms with van der Waals surface area (Å²) in [6, 6.07) is 5.97. The maximum absolute atomic E-state index is 5.54. The molecular weight excluding hydrogens is 294 g/mol. The van der Waals surface area contributed by atoms with Gasteiger partial charge in [-0.1, -0.05) is 22.0 Å². The van der Waals surface area contributed by atoms with Crippen molar-refractivity contribution in [3.05, 3.63) is 45.7 Å². The van der Waals surface area contributed by atoms with Gasteiger partial charge in [0.2, 0.25) is 5.95 Å². The average molecular weight is 308 g/mol. The minimum absolute atomic E-state index is 0.305.